The van der Waals surface area contributed by atoms with Crippen molar-refractivity contribution in [3.05, 3.63) is 82.4 Å². The molecule has 10 heteroatoms. The van der Waals surface area contributed by atoms with E-state index in [0.29, 0.717) is 5.02 Å². The van der Waals surface area contributed by atoms with E-state index in [1.165, 1.54) is 4.90 Å². The molecule has 4 rings (SSSR count). The predicted molar refractivity (Wildman–Crippen MR) is 126 cm³/mol. The van der Waals surface area contributed by atoms with Crippen LogP contribution >= 0.6 is 11.6 Å². The first kappa shape index (κ1) is 25.1. The molecule has 0 saturated carbocycles. The summed E-state index contributed by atoms with van der Waals surface area (Å²) < 4.78 is 68.4. The van der Waals surface area contributed by atoms with Crippen LogP contribution in [0, 0.1) is 0 Å². The van der Waals surface area contributed by atoms with Gasteiger partial charge in [0.05, 0.1) is 10.5 Å². The standard InChI is InChI=1S/C25H21ClF3NO4S/c1-15(25(27,28)29)34-23-10-9-19(35(2,32)33)12-21(23)24(31)30-13-17-8-7-16(11-18(17)14-30)20-5-3-4-6-22(20)26/h3-12,15H,13-14H2,1-2H3. The van der Waals surface area contributed by atoms with Crippen LogP contribution in [0.2, 0.25) is 5.02 Å². The highest BCUT2D eigenvalue weighted by atomic mass is 35.5. The van der Waals surface area contributed by atoms with Crippen LogP contribution in [0.25, 0.3) is 11.1 Å². The summed E-state index contributed by atoms with van der Waals surface area (Å²) in [5.41, 5.74) is 3.19. The monoisotopic (exact) mass is 523 g/mol. The smallest absolute Gasteiger partial charge is 0.425 e. The Hall–Kier alpha value is -3.04. The van der Waals surface area contributed by atoms with E-state index >= 15 is 0 Å². The fourth-order valence-corrected chi connectivity index (χ4v) is 4.73. The summed E-state index contributed by atoms with van der Waals surface area (Å²) >= 11 is 6.30. The number of nitrogens with zero attached hydrogens (tertiary/aromatic N) is 1. The van der Waals surface area contributed by atoms with Gasteiger partial charge in [-0.15, -0.1) is 0 Å². The van der Waals surface area contributed by atoms with Gasteiger partial charge in [0.15, 0.2) is 15.9 Å². The van der Waals surface area contributed by atoms with E-state index in [9.17, 15) is 26.4 Å². The number of halogens is 4. The largest absolute Gasteiger partial charge is 0.480 e. The fourth-order valence-electron chi connectivity index (χ4n) is 3.84. The van der Waals surface area contributed by atoms with E-state index < -0.39 is 28.0 Å². The van der Waals surface area contributed by atoms with Gasteiger partial charge in [0.25, 0.3) is 5.91 Å². The maximum atomic E-state index is 13.4. The molecule has 1 aliphatic heterocycles. The van der Waals surface area contributed by atoms with Crippen LogP contribution in [0.15, 0.2) is 65.6 Å². The highest BCUT2D eigenvalue weighted by molar-refractivity contribution is 7.90. The van der Waals surface area contributed by atoms with Gasteiger partial charge in [-0.05, 0) is 53.9 Å². The normalized spacial score (nSPS) is 14.5. The van der Waals surface area contributed by atoms with Crippen molar-refractivity contribution in [3.8, 4) is 16.9 Å². The molecule has 184 valence electrons. The molecule has 1 unspecified atom stereocenters. The van der Waals surface area contributed by atoms with Crippen LogP contribution in [-0.2, 0) is 22.9 Å². The summed E-state index contributed by atoms with van der Waals surface area (Å²) in [6.07, 6.45) is -5.89. The van der Waals surface area contributed by atoms with Gasteiger partial charge in [-0.3, -0.25) is 4.79 Å². The van der Waals surface area contributed by atoms with Gasteiger partial charge in [0.1, 0.15) is 5.75 Å². The molecule has 0 saturated heterocycles. The Morgan fingerprint density at radius 1 is 1.03 bits per heavy atom. The van der Waals surface area contributed by atoms with Crippen molar-refractivity contribution in [3.63, 3.8) is 0 Å². The zero-order chi connectivity index (χ0) is 25.5. The summed E-state index contributed by atoms with van der Waals surface area (Å²) in [5, 5.41) is 0.580. The number of sulfone groups is 1. The van der Waals surface area contributed by atoms with Crippen molar-refractivity contribution < 1.29 is 31.1 Å². The van der Waals surface area contributed by atoms with Gasteiger partial charge < -0.3 is 9.64 Å². The summed E-state index contributed by atoms with van der Waals surface area (Å²) in [6, 6.07) is 16.3. The van der Waals surface area contributed by atoms with Gasteiger partial charge in [0.2, 0.25) is 0 Å². The van der Waals surface area contributed by atoms with Crippen LogP contribution in [-0.4, -0.2) is 37.8 Å². The molecule has 1 atom stereocenters. The number of rotatable bonds is 5. The van der Waals surface area contributed by atoms with Gasteiger partial charge in [-0.1, -0.05) is 41.9 Å². The average molecular weight is 524 g/mol. The van der Waals surface area contributed by atoms with Crippen LogP contribution in [0.4, 0.5) is 13.2 Å². The number of carbonyl (C=O) groups excluding carboxylic acids is 1. The van der Waals surface area contributed by atoms with E-state index in [1.54, 1.807) is 6.07 Å². The first-order valence-electron chi connectivity index (χ1n) is 10.6. The lowest BCUT2D eigenvalue weighted by molar-refractivity contribution is -0.189. The molecule has 0 radical (unpaired) electrons. The molecule has 1 heterocycles. The second kappa shape index (κ2) is 9.20. The lowest BCUT2D eigenvalue weighted by atomic mass is 10.0. The van der Waals surface area contributed by atoms with Crippen molar-refractivity contribution in [1.82, 2.24) is 4.90 Å². The fraction of sp³-hybridized carbons (Fsp3) is 0.240. The van der Waals surface area contributed by atoms with Gasteiger partial charge in [0, 0.05) is 29.9 Å². The molecule has 0 bridgehead atoms. The highest BCUT2D eigenvalue weighted by Gasteiger charge is 2.39. The van der Waals surface area contributed by atoms with Crippen LogP contribution in [0.1, 0.15) is 28.4 Å². The molecular formula is C25H21ClF3NO4S. The third kappa shape index (κ3) is 5.31. The number of alkyl halides is 3. The lowest BCUT2D eigenvalue weighted by Crippen LogP contribution is -2.32. The maximum Gasteiger partial charge on any atom is 0.425 e. The third-order valence-corrected chi connectivity index (χ3v) is 7.21. The quantitative estimate of drug-likeness (QED) is 0.418. The van der Waals surface area contributed by atoms with Crippen molar-refractivity contribution in [2.45, 2.75) is 37.2 Å². The summed E-state index contributed by atoms with van der Waals surface area (Å²) in [7, 11) is -3.71. The zero-order valence-electron chi connectivity index (χ0n) is 18.8. The van der Waals surface area contributed by atoms with Crippen molar-refractivity contribution >= 4 is 27.3 Å². The van der Waals surface area contributed by atoms with Gasteiger partial charge in [-0.2, -0.15) is 13.2 Å². The van der Waals surface area contributed by atoms with E-state index in [1.807, 2.05) is 36.4 Å². The van der Waals surface area contributed by atoms with Crippen LogP contribution in [0.3, 0.4) is 0 Å². The molecule has 0 aromatic heterocycles. The van der Waals surface area contributed by atoms with Crippen molar-refractivity contribution in [2.24, 2.45) is 0 Å². The summed E-state index contributed by atoms with van der Waals surface area (Å²) in [5.74, 6) is -0.963. The number of hydrogen-bond donors (Lipinski definition) is 0. The topological polar surface area (TPSA) is 63.7 Å². The molecule has 0 spiro atoms. The average Bonchev–Trinajstić information content (AvgIpc) is 3.21. The van der Waals surface area contributed by atoms with Gasteiger partial charge in [-0.25, -0.2) is 8.42 Å². The molecule has 5 nitrogen and oxygen atoms in total. The van der Waals surface area contributed by atoms with Crippen molar-refractivity contribution in [1.29, 1.82) is 0 Å². The van der Waals surface area contributed by atoms with Crippen LogP contribution < -0.4 is 4.74 Å². The Balaban J connectivity index is 1.66. The third-order valence-electron chi connectivity index (χ3n) is 5.78. The second-order valence-electron chi connectivity index (χ2n) is 8.36. The number of amides is 1. The van der Waals surface area contributed by atoms with E-state index in [0.717, 1.165) is 53.6 Å². The molecule has 3 aromatic carbocycles. The number of benzene rings is 3. The van der Waals surface area contributed by atoms with Crippen molar-refractivity contribution in [2.75, 3.05) is 6.26 Å². The minimum atomic E-state index is -4.66. The van der Waals surface area contributed by atoms with E-state index in [4.69, 9.17) is 16.3 Å². The lowest BCUT2D eigenvalue weighted by Gasteiger charge is -2.22. The molecule has 3 aromatic rings. The predicted octanol–water partition coefficient (Wildman–Crippen LogP) is 5.90. The molecular weight excluding hydrogens is 503 g/mol. The molecule has 35 heavy (non-hydrogen) atoms. The first-order chi connectivity index (χ1) is 16.3. The zero-order valence-corrected chi connectivity index (χ0v) is 20.3. The minimum Gasteiger partial charge on any atom is -0.480 e. The molecule has 1 aliphatic rings. The Bertz CT molecular complexity index is 1410. The Morgan fingerprint density at radius 3 is 2.37 bits per heavy atom. The number of fused-ring (bicyclic) bond motifs is 1. The number of ether oxygens (including phenoxy) is 1. The minimum absolute atomic E-state index is 0.189. The van der Waals surface area contributed by atoms with Crippen LogP contribution in [0.5, 0.6) is 5.75 Å². The summed E-state index contributed by atoms with van der Waals surface area (Å²) in [4.78, 5) is 14.7. The molecule has 0 fully saturated rings. The van der Waals surface area contributed by atoms with E-state index in [-0.39, 0.29) is 29.3 Å². The maximum absolute atomic E-state index is 13.4. The van der Waals surface area contributed by atoms with E-state index in [2.05, 4.69) is 0 Å². The summed E-state index contributed by atoms with van der Waals surface area (Å²) in [6.45, 7) is 1.23. The molecule has 0 N–H and O–H groups in total. The number of hydrogen-bond acceptors (Lipinski definition) is 4. The highest BCUT2D eigenvalue weighted by Crippen LogP contribution is 2.35. The van der Waals surface area contributed by atoms with Gasteiger partial charge >= 0.3 is 6.18 Å². The Morgan fingerprint density at radius 2 is 1.71 bits per heavy atom. The molecule has 1 amide bonds. The number of carbonyl (C=O) groups is 1. The molecule has 0 aliphatic carbocycles. The Labute approximate surface area is 206 Å². The second-order valence-corrected chi connectivity index (χ2v) is 10.8. The first-order valence-corrected chi connectivity index (χ1v) is 12.8. The SMILES string of the molecule is CC(Oc1ccc(S(C)(=O)=O)cc1C(=O)N1Cc2ccc(-c3ccccc3Cl)cc2C1)C(F)(F)F. The Kier molecular flexibility index (Phi) is 6.59.